The van der Waals surface area contributed by atoms with Crippen molar-refractivity contribution in [1.82, 2.24) is 10.3 Å². The normalized spacial score (nSPS) is 11.2. The Kier molecular flexibility index (Phi) is 3.93. The van der Waals surface area contributed by atoms with Gasteiger partial charge in [-0.05, 0) is 13.8 Å². The third-order valence-corrected chi connectivity index (χ3v) is 3.12. The van der Waals surface area contributed by atoms with Crippen molar-refractivity contribution >= 4 is 34.0 Å². The molecule has 0 aromatic carbocycles. The SMILES string of the molecule is CNC(=O)C(C)(C)CNc1nc(Cl)cs1. The number of carbonyl (C=O) groups is 1. The summed E-state index contributed by atoms with van der Waals surface area (Å²) in [6, 6.07) is 0. The predicted molar refractivity (Wildman–Crippen MR) is 63.5 cm³/mol. The number of hydrogen-bond donors (Lipinski definition) is 2. The van der Waals surface area contributed by atoms with Crippen LogP contribution in [0.25, 0.3) is 0 Å². The number of aromatic nitrogens is 1. The molecule has 0 saturated carbocycles. The number of thiazole rings is 1. The Bertz CT molecular complexity index is 351. The molecule has 1 heterocycles. The number of rotatable bonds is 4. The van der Waals surface area contributed by atoms with E-state index in [4.69, 9.17) is 11.6 Å². The summed E-state index contributed by atoms with van der Waals surface area (Å²) in [5.74, 6) is -0.00217. The molecular formula is C9H14ClN3OS. The maximum absolute atomic E-state index is 11.5. The second kappa shape index (κ2) is 4.81. The van der Waals surface area contributed by atoms with E-state index in [0.29, 0.717) is 11.7 Å². The molecule has 0 atom stereocenters. The zero-order chi connectivity index (χ0) is 11.5. The van der Waals surface area contributed by atoms with E-state index in [1.807, 2.05) is 13.8 Å². The molecule has 4 nitrogen and oxygen atoms in total. The molecule has 0 saturated heterocycles. The number of carbonyl (C=O) groups excluding carboxylic acids is 1. The molecule has 1 amide bonds. The van der Waals surface area contributed by atoms with Gasteiger partial charge in [0.1, 0.15) is 5.15 Å². The van der Waals surface area contributed by atoms with E-state index in [-0.39, 0.29) is 5.91 Å². The van der Waals surface area contributed by atoms with Crippen molar-refractivity contribution in [1.29, 1.82) is 0 Å². The number of halogens is 1. The van der Waals surface area contributed by atoms with Crippen molar-refractivity contribution in [2.45, 2.75) is 13.8 Å². The van der Waals surface area contributed by atoms with Crippen molar-refractivity contribution in [2.75, 3.05) is 18.9 Å². The Labute approximate surface area is 98.0 Å². The van der Waals surface area contributed by atoms with E-state index in [1.54, 1.807) is 12.4 Å². The lowest BCUT2D eigenvalue weighted by Crippen LogP contribution is -2.39. The molecule has 1 aromatic rings. The highest BCUT2D eigenvalue weighted by molar-refractivity contribution is 7.14. The van der Waals surface area contributed by atoms with E-state index in [2.05, 4.69) is 15.6 Å². The maximum atomic E-state index is 11.5. The Morgan fingerprint density at radius 3 is 2.80 bits per heavy atom. The van der Waals surface area contributed by atoms with Crippen LogP contribution in [0, 0.1) is 5.41 Å². The number of anilines is 1. The summed E-state index contributed by atoms with van der Waals surface area (Å²) in [6.07, 6.45) is 0. The zero-order valence-corrected chi connectivity index (χ0v) is 10.5. The van der Waals surface area contributed by atoms with Crippen LogP contribution < -0.4 is 10.6 Å². The van der Waals surface area contributed by atoms with Gasteiger partial charge in [-0.25, -0.2) is 4.98 Å². The molecule has 84 valence electrons. The first-order chi connectivity index (χ1) is 6.95. The highest BCUT2D eigenvalue weighted by Gasteiger charge is 2.26. The van der Waals surface area contributed by atoms with Gasteiger partial charge in [0, 0.05) is 19.0 Å². The molecule has 1 aromatic heterocycles. The summed E-state index contributed by atoms with van der Waals surface area (Å²) in [6.45, 7) is 4.26. The highest BCUT2D eigenvalue weighted by atomic mass is 35.5. The smallest absolute Gasteiger partial charge is 0.227 e. The van der Waals surface area contributed by atoms with Gasteiger partial charge in [0.25, 0.3) is 0 Å². The summed E-state index contributed by atoms with van der Waals surface area (Å²) in [7, 11) is 1.63. The minimum atomic E-state index is -0.465. The second-order valence-electron chi connectivity index (χ2n) is 3.79. The lowest BCUT2D eigenvalue weighted by Gasteiger charge is -2.22. The molecule has 0 aliphatic heterocycles. The van der Waals surface area contributed by atoms with Gasteiger partial charge in [-0.2, -0.15) is 0 Å². The quantitative estimate of drug-likeness (QED) is 0.856. The van der Waals surface area contributed by atoms with Gasteiger partial charge in [0.2, 0.25) is 5.91 Å². The summed E-state index contributed by atoms with van der Waals surface area (Å²) in [5, 5.41) is 8.66. The monoisotopic (exact) mass is 247 g/mol. The fraction of sp³-hybridized carbons (Fsp3) is 0.556. The molecule has 0 spiro atoms. The van der Waals surface area contributed by atoms with Gasteiger partial charge in [-0.15, -0.1) is 11.3 Å². The largest absolute Gasteiger partial charge is 0.360 e. The third-order valence-electron chi connectivity index (χ3n) is 2.00. The number of amides is 1. The fourth-order valence-electron chi connectivity index (χ4n) is 1.05. The number of nitrogens with zero attached hydrogens (tertiary/aromatic N) is 1. The first-order valence-corrected chi connectivity index (χ1v) is 5.78. The average molecular weight is 248 g/mol. The molecule has 15 heavy (non-hydrogen) atoms. The van der Waals surface area contributed by atoms with Crippen LogP contribution in [0.15, 0.2) is 5.38 Å². The predicted octanol–water partition coefficient (Wildman–Crippen LogP) is 1.98. The fourth-order valence-corrected chi connectivity index (χ4v) is 1.89. The van der Waals surface area contributed by atoms with Crippen molar-refractivity contribution in [3.63, 3.8) is 0 Å². The van der Waals surface area contributed by atoms with E-state index in [0.717, 1.165) is 5.13 Å². The number of hydrogen-bond acceptors (Lipinski definition) is 4. The van der Waals surface area contributed by atoms with Gasteiger partial charge in [-0.3, -0.25) is 4.79 Å². The van der Waals surface area contributed by atoms with Crippen LogP contribution in [0.2, 0.25) is 5.15 Å². The van der Waals surface area contributed by atoms with Crippen molar-refractivity contribution in [3.05, 3.63) is 10.5 Å². The lowest BCUT2D eigenvalue weighted by molar-refractivity contribution is -0.128. The highest BCUT2D eigenvalue weighted by Crippen LogP contribution is 2.21. The van der Waals surface area contributed by atoms with Gasteiger partial charge in [0.15, 0.2) is 5.13 Å². The number of nitrogens with one attached hydrogen (secondary N) is 2. The Balaban J connectivity index is 2.53. The van der Waals surface area contributed by atoms with Gasteiger partial charge < -0.3 is 10.6 Å². The maximum Gasteiger partial charge on any atom is 0.227 e. The first kappa shape index (κ1) is 12.3. The molecule has 0 fully saturated rings. The van der Waals surface area contributed by atoms with Crippen LogP contribution in [-0.4, -0.2) is 24.5 Å². The summed E-state index contributed by atoms with van der Waals surface area (Å²) >= 11 is 7.10. The van der Waals surface area contributed by atoms with Gasteiger partial charge in [0.05, 0.1) is 5.41 Å². The molecule has 0 aliphatic rings. The summed E-state index contributed by atoms with van der Waals surface area (Å²) < 4.78 is 0. The molecule has 0 aliphatic carbocycles. The summed E-state index contributed by atoms with van der Waals surface area (Å²) in [4.78, 5) is 15.5. The molecule has 0 bridgehead atoms. The second-order valence-corrected chi connectivity index (χ2v) is 5.04. The standard InChI is InChI=1S/C9H14ClN3OS/c1-9(2,7(14)11-3)5-12-8-13-6(10)4-15-8/h4H,5H2,1-3H3,(H,11,14)(H,12,13). The van der Waals surface area contributed by atoms with Crippen LogP contribution in [0.1, 0.15) is 13.8 Å². The van der Waals surface area contributed by atoms with E-state index >= 15 is 0 Å². The minimum absolute atomic E-state index is 0.00217. The van der Waals surface area contributed by atoms with Gasteiger partial charge in [-0.1, -0.05) is 11.6 Å². The van der Waals surface area contributed by atoms with Crippen LogP contribution in [0.4, 0.5) is 5.13 Å². The molecular weight excluding hydrogens is 234 g/mol. The Hall–Kier alpha value is -0.810. The molecule has 2 N–H and O–H groups in total. The van der Waals surface area contributed by atoms with Crippen molar-refractivity contribution in [2.24, 2.45) is 5.41 Å². The van der Waals surface area contributed by atoms with Crippen LogP contribution in [0.5, 0.6) is 0 Å². The Morgan fingerprint density at radius 2 is 2.33 bits per heavy atom. The molecule has 1 rings (SSSR count). The van der Waals surface area contributed by atoms with E-state index < -0.39 is 5.41 Å². The Morgan fingerprint density at radius 1 is 1.67 bits per heavy atom. The molecule has 0 unspecified atom stereocenters. The lowest BCUT2D eigenvalue weighted by atomic mass is 9.92. The van der Waals surface area contributed by atoms with E-state index in [1.165, 1.54) is 11.3 Å². The topological polar surface area (TPSA) is 54.0 Å². The van der Waals surface area contributed by atoms with Crippen LogP contribution in [0.3, 0.4) is 0 Å². The van der Waals surface area contributed by atoms with Crippen molar-refractivity contribution in [3.8, 4) is 0 Å². The zero-order valence-electron chi connectivity index (χ0n) is 8.93. The van der Waals surface area contributed by atoms with Crippen LogP contribution >= 0.6 is 22.9 Å². The first-order valence-electron chi connectivity index (χ1n) is 4.53. The van der Waals surface area contributed by atoms with Crippen molar-refractivity contribution < 1.29 is 4.79 Å². The van der Waals surface area contributed by atoms with E-state index in [9.17, 15) is 4.79 Å². The van der Waals surface area contributed by atoms with Crippen LogP contribution in [-0.2, 0) is 4.79 Å². The molecule has 0 radical (unpaired) electrons. The minimum Gasteiger partial charge on any atom is -0.360 e. The van der Waals surface area contributed by atoms with Gasteiger partial charge >= 0.3 is 0 Å². The summed E-state index contributed by atoms with van der Waals surface area (Å²) in [5.41, 5.74) is -0.465. The third kappa shape index (κ3) is 3.35. The molecule has 6 heteroatoms. The average Bonchev–Trinajstić information content (AvgIpc) is 2.60.